The number of imidazole rings is 1. The van der Waals surface area contributed by atoms with Crippen molar-refractivity contribution in [1.29, 1.82) is 0 Å². The molecule has 5 heteroatoms. The number of alkyl halides is 1. The van der Waals surface area contributed by atoms with E-state index in [-0.39, 0.29) is 5.02 Å². The molecule has 1 heterocycles. The number of aromatic nitrogens is 2. The van der Waals surface area contributed by atoms with Crippen LogP contribution in [0.25, 0.3) is 16.7 Å². The molecule has 0 aliphatic carbocycles. The highest BCUT2D eigenvalue weighted by Crippen LogP contribution is 2.27. The van der Waals surface area contributed by atoms with Crippen LogP contribution in [0.4, 0.5) is 4.39 Å². The Balaban J connectivity index is 2.32. The molecule has 3 rings (SSSR count). The molecule has 21 heavy (non-hydrogen) atoms. The number of aryl methyl sites for hydroxylation is 2. The summed E-state index contributed by atoms with van der Waals surface area (Å²) in [4.78, 5) is 4.54. The molecule has 0 amide bonds. The van der Waals surface area contributed by atoms with Gasteiger partial charge in [0.05, 0.1) is 16.1 Å². The zero-order valence-electron chi connectivity index (χ0n) is 11.4. The number of nitrogens with zero attached hydrogens (tertiary/aromatic N) is 2. The minimum atomic E-state index is -0.449. The van der Waals surface area contributed by atoms with Crippen molar-refractivity contribution in [3.8, 4) is 5.69 Å². The lowest BCUT2D eigenvalue weighted by Crippen LogP contribution is -2.02. The molecule has 2 nitrogen and oxygen atoms in total. The minimum absolute atomic E-state index is 0.0776. The van der Waals surface area contributed by atoms with Gasteiger partial charge in [-0.15, -0.1) is 11.6 Å². The van der Waals surface area contributed by atoms with Gasteiger partial charge in [-0.25, -0.2) is 9.37 Å². The van der Waals surface area contributed by atoms with Crippen molar-refractivity contribution >= 4 is 34.2 Å². The number of rotatable bonds is 3. The Kier molecular flexibility index (Phi) is 3.87. The molecule has 0 N–H and O–H groups in total. The predicted molar refractivity (Wildman–Crippen MR) is 85.2 cm³/mol. The van der Waals surface area contributed by atoms with Crippen molar-refractivity contribution in [1.82, 2.24) is 9.55 Å². The first-order valence-electron chi connectivity index (χ1n) is 6.59. The summed E-state index contributed by atoms with van der Waals surface area (Å²) in [5, 5.41) is 0.0776. The predicted octanol–water partition coefficient (Wildman–Crippen LogP) is 4.91. The highest BCUT2D eigenvalue weighted by molar-refractivity contribution is 6.31. The van der Waals surface area contributed by atoms with E-state index < -0.39 is 5.82 Å². The molecule has 0 aliphatic rings. The third kappa shape index (κ3) is 2.63. The monoisotopic (exact) mass is 322 g/mol. The number of halogens is 3. The molecule has 0 saturated carbocycles. The highest BCUT2D eigenvalue weighted by Gasteiger charge is 2.14. The van der Waals surface area contributed by atoms with Crippen molar-refractivity contribution in [3.05, 3.63) is 58.6 Å². The molecule has 2 aromatic carbocycles. The van der Waals surface area contributed by atoms with Gasteiger partial charge in [-0.1, -0.05) is 23.7 Å². The quantitative estimate of drug-likeness (QED) is 0.626. The third-order valence-corrected chi connectivity index (χ3v) is 3.82. The van der Waals surface area contributed by atoms with Gasteiger partial charge in [0, 0.05) is 24.1 Å². The molecule has 0 aliphatic heterocycles. The maximum Gasteiger partial charge on any atom is 0.144 e. The summed E-state index contributed by atoms with van der Waals surface area (Å²) in [5.41, 5.74) is 3.44. The fraction of sp³-hybridized carbons (Fsp3) is 0.188. The lowest BCUT2D eigenvalue weighted by atomic mass is 10.2. The van der Waals surface area contributed by atoms with Crippen LogP contribution < -0.4 is 0 Å². The molecule has 1 aromatic heterocycles. The number of benzene rings is 2. The van der Waals surface area contributed by atoms with E-state index in [1.165, 1.54) is 6.07 Å². The minimum Gasteiger partial charge on any atom is -0.296 e. The molecular formula is C16H13Cl2FN2. The van der Waals surface area contributed by atoms with Crippen molar-refractivity contribution in [2.45, 2.75) is 13.3 Å². The molecule has 0 saturated heterocycles. The average Bonchev–Trinajstić information content (AvgIpc) is 2.77. The average molecular weight is 323 g/mol. The van der Waals surface area contributed by atoms with Gasteiger partial charge in [0.1, 0.15) is 11.6 Å². The Labute approximate surface area is 132 Å². The standard InChI is InChI=1S/C16H13Cl2FN2/c1-10-3-2-4-11(7-10)21-15-9-13(19)12(18)8-14(15)20-16(21)5-6-17/h2-4,7-9H,5-6H2,1H3. The topological polar surface area (TPSA) is 17.8 Å². The fourth-order valence-corrected chi connectivity index (χ4v) is 2.76. The summed E-state index contributed by atoms with van der Waals surface area (Å²) in [6, 6.07) is 11.0. The molecule has 0 spiro atoms. The van der Waals surface area contributed by atoms with Gasteiger partial charge in [0.15, 0.2) is 0 Å². The van der Waals surface area contributed by atoms with Gasteiger partial charge in [0.25, 0.3) is 0 Å². The first-order valence-corrected chi connectivity index (χ1v) is 7.51. The first-order chi connectivity index (χ1) is 10.1. The van der Waals surface area contributed by atoms with Gasteiger partial charge >= 0.3 is 0 Å². The van der Waals surface area contributed by atoms with E-state index in [2.05, 4.69) is 4.98 Å². The van der Waals surface area contributed by atoms with Crippen LogP contribution in [0.5, 0.6) is 0 Å². The van der Waals surface area contributed by atoms with Crippen LogP contribution in [0.2, 0.25) is 5.02 Å². The van der Waals surface area contributed by atoms with Crippen LogP contribution in [0.1, 0.15) is 11.4 Å². The second kappa shape index (κ2) is 5.66. The number of hydrogen-bond donors (Lipinski definition) is 0. The summed E-state index contributed by atoms with van der Waals surface area (Å²) < 4.78 is 15.8. The molecule has 0 atom stereocenters. The highest BCUT2D eigenvalue weighted by atomic mass is 35.5. The van der Waals surface area contributed by atoms with Crippen LogP contribution in [-0.4, -0.2) is 15.4 Å². The summed E-state index contributed by atoms with van der Waals surface area (Å²) in [7, 11) is 0. The van der Waals surface area contributed by atoms with Crippen molar-refractivity contribution < 1.29 is 4.39 Å². The number of hydrogen-bond acceptors (Lipinski definition) is 1. The summed E-state index contributed by atoms with van der Waals surface area (Å²) >= 11 is 11.7. The van der Waals surface area contributed by atoms with E-state index in [1.807, 2.05) is 35.8 Å². The normalized spacial score (nSPS) is 11.2. The molecule has 0 unspecified atom stereocenters. The fourth-order valence-electron chi connectivity index (χ4n) is 2.43. The largest absolute Gasteiger partial charge is 0.296 e. The van der Waals surface area contributed by atoms with Crippen LogP contribution in [0.15, 0.2) is 36.4 Å². The van der Waals surface area contributed by atoms with Crippen LogP contribution in [0.3, 0.4) is 0 Å². The molecule has 3 aromatic rings. The molecule has 108 valence electrons. The van der Waals surface area contributed by atoms with Crippen LogP contribution in [0, 0.1) is 12.7 Å². The number of fused-ring (bicyclic) bond motifs is 1. The summed E-state index contributed by atoms with van der Waals surface area (Å²) in [6.07, 6.45) is 0.601. The molecule has 0 fully saturated rings. The maximum atomic E-state index is 13.8. The van der Waals surface area contributed by atoms with Crippen molar-refractivity contribution in [2.75, 3.05) is 5.88 Å². The van der Waals surface area contributed by atoms with E-state index in [0.717, 1.165) is 17.1 Å². The van der Waals surface area contributed by atoms with Crippen LogP contribution in [-0.2, 0) is 6.42 Å². The molecule has 0 bridgehead atoms. The zero-order valence-corrected chi connectivity index (χ0v) is 12.9. The third-order valence-electron chi connectivity index (χ3n) is 3.34. The molecule has 0 radical (unpaired) electrons. The Bertz CT molecular complexity index is 811. The Hall–Kier alpha value is -1.58. The second-order valence-corrected chi connectivity index (χ2v) is 5.68. The smallest absolute Gasteiger partial charge is 0.144 e. The van der Waals surface area contributed by atoms with Gasteiger partial charge in [-0.05, 0) is 30.7 Å². The SMILES string of the molecule is Cc1cccc(-n2c(CCCl)nc3cc(Cl)c(F)cc32)c1. The van der Waals surface area contributed by atoms with E-state index >= 15 is 0 Å². The lowest BCUT2D eigenvalue weighted by Gasteiger charge is -2.09. The Morgan fingerprint density at radius 3 is 2.76 bits per heavy atom. The van der Waals surface area contributed by atoms with Crippen molar-refractivity contribution in [3.63, 3.8) is 0 Å². The lowest BCUT2D eigenvalue weighted by molar-refractivity contribution is 0.629. The summed E-state index contributed by atoms with van der Waals surface area (Å²) in [5.74, 6) is 0.799. The van der Waals surface area contributed by atoms with Crippen LogP contribution >= 0.6 is 23.2 Å². The van der Waals surface area contributed by atoms with Crippen molar-refractivity contribution in [2.24, 2.45) is 0 Å². The van der Waals surface area contributed by atoms with E-state index in [1.54, 1.807) is 6.07 Å². The van der Waals surface area contributed by atoms with Gasteiger partial charge < -0.3 is 0 Å². The Morgan fingerprint density at radius 1 is 1.24 bits per heavy atom. The van der Waals surface area contributed by atoms with E-state index in [9.17, 15) is 4.39 Å². The zero-order chi connectivity index (χ0) is 15.0. The second-order valence-electron chi connectivity index (χ2n) is 4.90. The van der Waals surface area contributed by atoms with Gasteiger partial charge in [-0.2, -0.15) is 0 Å². The van der Waals surface area contributed by atoms with Gasteiger partial charge in [-0.3, -0.25) is 4.57 Å². The molecular weight excluding hydrogens is 310 g/mol. The summed E-state index contributed by atoms with van der Waals surface area (Å²) in [6.45, 7) is 2.02. The first kappa shape index (κ1) is 14.4. The maximum absolute atomic E-state index is 13.8. The Morgan fingerprint density at radius 2 is 2.05 bits per heavy atom. The van der Waals surface area contributed by atoms with Gasteiger partial charge in [0.2, 0.25) is 0 Å². The van der Waals surface area contributed by atoms with E-state index in [4.69, 9.17) is 23.2 Å². The van der Waals surface area contributed by atoms with E-state index in [0.29, 0.717) is 23.3 Å².